The molecule has 0 saturated carbocycles. The van der Waals surface area contributed by atoms with Crippen LogP contribution in [-0.2, 0) is 4.74 Å². The molecule has 0 bridgehead atoms. The summed E-state index contributed by atoms with van der Waals surface area (Å²) in [5.41, 5.74) is 7.20. The van der Waals surface area contributed by atoms with E-state index in [-0.39, 0.29) is 12.6 Å². The molecule has 1 heterocycles. The minimum Gasteiger partial charge on any atom is -0.399 e. The zero-order valence-electron chi connectivity index (χ0n) is 10.1. The molecule has 2 rings (SSSR count). The van der Waals surface area contributed by atoms with Crippen LogP contribution < -0.4 is 11.1 Å². The topological polar surface area (TPSA) is 93.3 Å². The second kappa shape index (κ2) is 5.61. The third kappa shape index (κ3) is 2.66. The van der Waals surface area contributed by atoms with Gasteiger partial charge in [0, 0.05) is 18.2 Å². The lowest BCUT2D eigenvalue weighted by Gasteiger charge is -2.16. The predicted molar refractivity (Wildman–Crippen MR) is 70.3 cm³/mol. The quantitative estimate of drug-likeness (QED) is 0.672. The number of nitrogens with one attached hydrogen (secondary N) is 1. The molecule has 18 heavy (non-hydrogen) atoms. The van der Waals surface area contributed by atoms with Gasteiger partial charge in [-0.3, -0.25) is 0 Å². The van der Waals surface area contributed by atoms with E-state index in [1.54, 1.807) is 19.2 Å². The average Bonchev–Trinajstić information content (AvgIpc) is 2.38. The number of hydrogen-bond donors (Lipinski definition) is 3. The highest BCUT2D eigenvalue weighted by atomic mass is 16.5. The summed E-state index contributed by atoms with van der Waals surface area (Å²) in [5.74, 6) is 0.642. The molecule has 0 saturated heterocycles. The van der Waals surface area contributed by atoms with Crippen molar-refractivity contribution in [2.45, 2.75) is 6.04 Å². The summed E-state index contributed by atoms with van der Waals surface area (Å²) < 4.78 is 5.01. The number of aliphatic hydroxyl groups is 1. The number of nitrogens with zero attached hydrogens (tertiary/aromatic N) is 2. The standard InChI is InChI=1S/C12H16N4O2/c1-18-6-9(5-17)16-12-10-4-8(13)2-3-11(10)14-7-15-12/h2-4,7,9,17H,5-6,13H2,1H3,(H,14,15,16). The molecule has 4 N–H and O–H groups in total. The number of hydrogen-bond acceptors (Lipinski definition) is 6. The first-order valence-corrected chi connectivity index (χ1v) is 5.61. The summed E-state index contributed by atoms with van der Waals surface area (Å²) in [7, 11) is 1.58. The number of nitrogens with two attached hydrogens (primary N) is 1. The predicted octanol–water partition coefficient (Wildman–Crippen LogP) is 0.631. The van der Waals surface area contributed by atoms with Gasteiger partial charge in [-0.2, -0.15) is 0 Å². The fourth-order valence-corrected chi connectivity index (χ4v) is 1.72. The Balaban J connectivity index is 2.34. The molecule has 0 aliphatic rings. The van der Waals surface area contributed by atoms with Gasteiger partial charge in [0.25, 0.3) is 0 Å². The smallest absolute Gasteiger partial charge is 0.137 e. The summed E-state index contributed by atoms with van der Waals surface area (Å²) in [6.45, 7) is 0.353. The molecular weight excluding hydrogens is 232 g/mol. The van der Waals surface area contributed by atoms with Crippen molar-refractivity contribution in [3.8, 4) is 0 Å². The maximum atomic E-state index is 9.23. The van der Waals surface area contributed by atoms with E-state index in [0.717, 1.165) is 10.9 Å². The number of ether oxygens (including phenoxy) is 1. The third-order valence-electron chi connectivity index (χ3n) is 2.59. The van der Waals surface area contributed by atoms with Gasteiger partial charge < -0.3 is 20.9 Å². The molecule has 0 spiro atoms. The molecule has 1 aromatic carbocycles. The van der Waals surface area contributed by atoms with Crippen LogP contribution >= 0.6 is 0 Å². The maximum Gasteiger partial charge on any atom is 0.137 e. The van der Waals surface area contributed by atoms with Crippen LogP contribution in [0.3, 0.4) is 0 Å². The summed E-state index contributed by atoms with van der Waals surface area (Å²) in [6, 6.07) is 5.22. The van der Waals surface area contributed by atoms with Crippen LogP contribution in [-0.4, -0.2) is 41.4 Å². The Hall–Kier alpha value is -1.92. The van der Waals surface area contributed by atoms with Gasteiger partial charge in [0.15, 0.2) is 0 Å². The van der Waals surface area contributed by atoms with Crippen LogP contribution in [0.2, 0.25) is 0 Å². The second-order valence-corrected chi connectivity index (χ2v) is 3.98. The summed E-state index contributed by atoms with van der Waals surface area (Å²) in [5, 5.41) is 13.2. The van der Waals surface area contributed by atoms with Crippen LogP contribution in [0.1, 0.15) is 0 Å². The van der Waals surface area contributed by atoms with Gasteiger partial charge in [-0.05, 0) is 18.2 Å². The van der Waals surface area contributed by atoms with Gasteiger partial charge in [-0.25, -0.2) is 9.97 Å². The minimum absolute atomic E-state index is 0.0400. The van der Waals surface area contributed by atoms with Gasteiger partial charge in [-0.15, -0.1) is 0 Å². The molecule has 2 aromatic rings. The van der Waals surface area contributed by atoms with E-state index in [0.29, 0.717) is 18.1 Å². The second-order valence-electron chi connectivity index (χ2n) is 3.98. The number of methoxy groups -OCH3 is 1. The average molecular weight is 248 g/mol. The first-order valence-electron chi connectivity index (χ1n) is 5.61. The van der Waals surface area contributed by atoms with Crippen molar-refractivity contribution in [3.63, 3.8) is 0 Å². The number of nitrogen functional groups attached to an aromatic ring is 1. The van der Waals surface area contributed by atoms with Crippen LogP contribution in [0.25, 0.3) is 10.9 Å². The Bertz CT molecular complexity index is 532. The molecule has 0 radical (unpaired) electrons. The van der Waals surface area contributed by atoms with Gasteiger partial charge in [0.2, 0.25) is 0 Å². The Kier molecular flexibility index (Phi) is 3.91. The molecule has 0 aliphatic heterocycles. The van der Waals surface area contributed by atoms with Crippen molar-refractivity contribution in [3.05, 3.63) is 24.5 Å². The van der Waals surface area contributed by atoms with Crippen molar-refractivity contribution >= 4 is 22.4 Å². The Morgan fingerprint density at radius 3 is 3.00 bits per heavy atom. The summed E-state index contributed by atoms with van der Waals surface area (Å²) >= 11 is 0. The van der Waals surface area contributed by atoms with Crippen LogP contribution in [0, 0.1) is 0 Å². The lowest BCUT2D eigenvalue weighted by molar-refractivity contribution is 0.153. The van der Waals surface area contributed by atoms with Crippen molar-refractivity contribution in [1.82, 2.24) is 9.97 Å². The van der Waals surface area contributed by atoms with Crippen LogP contribution in [0.5, 0.6) is 0 Å². The maximum absolute atomic E-state index is 9.23. The van der Waals surface area contributed by atoms with Gasteiger partial charge in [-0.1, -0.05) is 0 Å². The third-order valence-corrected chi connectivity index (χ3v) is 2.59. The van der Waals surface area contributed by atoms with E-state index in [4.69, 9.17) is 10.5 Å². The van der Waals surface area contributed by atoms with E-state index < -0.39 is 0 Å². The lowest BCUT2D eigenvalue weighted by Crippen LogP contribution is -2.29. The monoisotopic (exact) mass is 248 g/mol. The molecule has 6 nitrogen and oxygen atoms in total. The molecule has 6 heteroatoms. The van der Waals surface area contributed by atoms with Crippen molar-refractivity contribution in [1.29, 1.82) is 0 Å². The van der Waals surface area contributed by atoms with E-state index in [9.17, 15) is 5.11 Å². The summed E-state index contributed by atoms with van der Waals surface area (Å²) in [4.78, 5) is 8.34. The minimum atomic E-state index is -0.213. The zero-order valence-corrected chi connectivity index (χ0v) is 10.1. The van der Waals surface area contributed by atoms with Crippen molar-refractivity contribution in [2.75, 3.05) is 31.4 Å². The molecular formula is C12H16N4O2. The van der Waals surface area contributed by atoms with E-state index >= 15 is 0 Å². The number of benzene rings is 1. The molecule has 1 unspecified atom stereocenters. The Morgan fingerprint density at radius 2 is 2.28 bits per heavy atom. The van der Waals surface area contributed by atoms with Gasteiger partial charge in [0.1, 0.15) is 12.1 Å². The van der Waals surface area contributed by atoms with E-state index in [1.165, 1.54) is 6.33 Å². The van der Waals surface area contributed by atoms with E-state index in [2.05, 4.69) is 15.3 Å². The fourth-order valence-electron chi connectivity index (χ4n) is 1.72. The number of aliphatic hydroxyl groups excluding tert-OH is 1. The fraction of sp³-hybridized carbons (Fsp3) is 0.333. The SMILES string of the molecule is COCC(CO)Nc1ncnc2ccc(N)cc12. The van der Waals surface area contributed by atoms with Crippen LogP contribution in [0.15, 0.2) is 24.5 Å². The van der Waals surface area contributed by atoms with Crippen molar-refractivity contribution in [2.24, 2.45) is 0 Å². The highest BCUT2D eigenvalue weighted by Gasteiger charge is 2.10. The number of anilines is 2. The normalized spacial score (nSPS) is 12.6. The summed E-state index contributed by atoms with van der Waals surface area (Å²) in [6.07, 6.45) is 1.47. The number of rotatable bonds is 5. The molecule has 1 atom stereocenters. The van der Waals surface area contributed by atoms with Gasteiger partial charge >= 0.3 is 0 Å². The zero-order chi connectivity index (χ0) is 13.0. The number of aromatic nitrogens is 2. The first-order chi connectivity index (χ1) is 8.74. The molecule has 0 amide bonds. The molecule has 0 aliphatic carbocycles. The van der Waals surface area contributed by atoms with E-state index in [1.807, 2.05) is 6.07 Å². The molecule has 0 fully saturated rings. The largest absolute Gasteiger partial charge is 0.399 e. The highest BCUT2D eigenvalue weighted by Crippen LogP contribution is 2.22. The highest BCUT2D eigenvalue weighted by molar-refractivity contribution is 5.91. The Morgan fingerprint density at radius 1 is 1.44 bits per heavy atom. The first kappa shape index (κ1) is 12.5. The molecule has 96 valence electrons. The molecule has 1 aromatic heterocycles. The number of fused-ring (bicyclic) bond motifs is 1. The van der Waals surface area contributed by atoms with Crippen LogP contribution in [0.4, 0.5) is 11.5 Å². The van der Waals surface area contributed by atoms with Crippen molar-refractivity contribution < 1.29 is 9.84 Å². The van der Waals surface area contributed by atoms with Gasteiger partial charge in [0.05, 0.1) is 24.8 Å². The lowest BCUT2D eigenvalue weighted by atomic mass is 10.2. The Labute approximate surface area is 105 Å².